The summed E-state index contributed by atoms with van der Waals surface area (Å²) in [7, 11) is 1.56. The number of halogens is 1. The van der Waals surface area contributed by atoms with E-state index in [2.05, 4.69) is 34.5 Å². The van der Waals surface area contributed by atoms with E-state index >= 15 is 0 Å². The van der Waals surface area contributed by atoms with Crippen molar-refractivity contribution >= 4 is 40.6 Å². The van der Waals surface area contributed by atoms with E-state index in [9.17, 15) is 9.59 Å². The Bertz CT molecular complexity index is 713. The number of ether oxygens (including phenoxy) is 2. The number of nitrogens with zero attached hydrogens (tertiary/aromatic N) is 1. The summed E-state index contributed by atoms with van der Waals surface area (Å²) in [6, 6.07) is 3.18. The van der Waals surface area contributed by atoms with Gasteiger partial charge in [-0.3, -0.25) is 9.69 Å². The van der Waals surface area contributed by atoms with Crippen molar-refractivity contribution in [2.24, 2.45) is 0 Å². The second-order valence-electron chi connectivity index (χ2n) is 5.39. The average Bonchev–Trinajstić information content (AvgIpc) is 2.77. The third-order valence-corrected chi connectivity index (χ3v) is 3.99. The molecule has 0 unspecified atom stereocenters. The number of rotatable bonds is 6. The maximum absolute atomic E-state index is 12.2. The monoisotopic (exact) mass is 442 g/mol. The Kier molecular flexibility index (Phi) is 5.87. The maximum Gasteiger partial charge on any atom is 0.329 e. The van der Waals surface area contributed by atoms with Crippen LogP contribution in [0.1, 0.15) is 19.4 Å². The average molecular weight is 442 g/mol. The molecule has 1 aliphatic rings. The van der Waals surface area contributed by atoms with E-state index in [0.29, 0.717) is 11.5 Å². The Morgan fingerprint density at radius 1 is 1.38 bits per heavy atom. The molecule has 1 heterocycles. The minimum absolute atomic E-state index is 0.0137. The molecule has 0 aliphatic carbocycles. The summed E-state index contributed by atoms with van der Waals surface area (Å²) in [6.07, 6.45) is 3.14. The van der Waals surface area contributed by atoms with Crippen molar-refractivity contribution < 1.29 is 19.1 Å². The molecule has 3 amide bonds. The zero-order chi connectivity index (χ0) is 17.9. The zero-order valence-electron chi connectivity index (χ0n) is 13.8. The summed E-state index contributed by atoms with van der Waals surface area (Å²) in [6.45, 7) is 7.59. The van der Waals surface area contributed by atoms with Gasteiger partial charge >= 0.3 is 6.03 Å². The van der Waals surface area contributed by atoms with Crippen LogP contribution in [-0.4, -0.2) is 36.6 Å². The summed E-state index contributed by atoms with van der Waals surface area (Å²) < 4.78 is 12.0. The van der Waals surface area contributed by atoms with E-state index in [0.717, 1.165) is 14.0 Å². The van der Waals surface area contributed by atoms with E-state index in [-0.39, 0.29) is 24.3 Å². The fourth-order valence-electron chi connectivity index (χ4n) is 2.21. The van der Waals surface area contributed by atoms with Gasteiger partial charge in [-0.15, -0.1) is 6.58 Å². The number of benzene rings is 1. The highest BCUT2D eigenvalue weighted by Gasteiger charge is 2.32. The highest BCUT2D eigenvalue weighted by atomic mass is 127. The second-order valence-corrected chi connectivity index (χ2v) is 6.56. The standard InChI is InChI=1S/C17H19IN2O4/c1-5-6-20-16(21)13(19-17(20)22)8-11-7-12(18)15(24-10(2)3)14(9-11)23-4/h5,7-10H,1,6H2,2-4H3,(H,19,22)/b13-8+. The number of imide groups is 1. The van der Waals surface area contributed by atoms with Gasteiger partial charge < -0.3 is 14.8 Å². The quantitative estimate of drug-likeness (QED) is 0.318. The van der Waals surface area contributed by atoms with E-state index in [4.69, 9.17) is 9.47 Å². The minimum atomic E-state index is -0.451. The van der Waals surface area contributed by atoms with Crippen LogP contribution in [0.2, 0.25) is 0 Å². The van der Waals surface area contributed by atoms with Gasteiger partial charge in [-0.2, -0.15) is 0 Å². The van der Waals surface area contributed by atoms with Crippen LogP contribution >= 0.6 is 22.6 Å². The molecule has 1 saturated heterocycles. The fourth-order valence-corrected chi connectivity index (χ4v) is 2.96. The summed E-state index contributed by atoms with van der Waals surface area (Å²) in [5.74, 6) is 0.851. The number of nitrogens with one attached hydrogen (secondary N) is 1. The van der Waals surface area contributed by atoms with Crippen molar-refractivity contribution in [1.29, 1.82) is 0 Å². The number of hydrogen-bond donors (Lipinski definition) is 1. The lowest BCUT2D eigenvalue weighted by Crippen LogP contribution is -2.30. The SMILES string of the molecule is C=CCN1C(=O)N/C(=C/c2cc(I)c(OC(C)C)c(OC)c2)C1=O. The van der Waals surface area contributed by atoms with E-state index in [1.54, 1.807) is 19.3 Å². The van der Waals surface area contributed by atoms with Crippen LogP contribution in [0.4, 0.5) is 4.79 Å². The lowest BCUT2D eigenvalue weighted by molar-refractivity contribution is -0.122. The van der Waals surface area contributed by atoms with Crippen LogP contribution in [0.25, 0.3) is 6.08 Å². The van der Waals surface area contributed by atoms with Crippen LogP contribution in [0.5, 0.6) is 11.5 Å². The molecule has 1 N–H and O–H groups in total. The van der Waals surface area contributed by atoms with Gasteiger partial charge in [0.15, 0.2) is 11.5 Å². The molecular formula is C17H19IN2O4. The van der Waals surface area contributed by atoms with Crippen LogP contribution in [0.15, 0.2) is 30.5 Å². The molecule has 1 aliphatic heterocycles. The van der Waals surface area contributed by atoms with Crippen LogP contribution in [0.3, 0.4) is 0 Å². The Hall–Kier alpha value is -2.03. The fraction of sp³-hybridized carbons (Fsp3) is 0.294. The molecule has 0 aromatic heterocycles. The summed E-state index contributed by atoms with van der Waals surface area (Å²) in [4.78, 5) is 25.1. The maximum atomic E-state index is 12.2. The third kappa shape index (κ3) is 3.89. The molecule has 1 fully saturated rings. The van der Waals surface area contributed by atoms with Crippen LogP contribution < -0.4 is 14.8 Å². The second kappa shape index (κ2) is 7.69. The predicted octanol–water partition coefficient (Wildman–Crippen LogP) is 3.17. The number of amides is 3. The van der Waals surface area contributed by atoms with Crippen molar-refractivity contribution in [3.8, 4) is 11.5 Å². The first-order chi connectivity index (χ1) is 11.4. The van der Waals surface area contributed by atoms with E-state index in [1.807, 2.05) is 19.9 Å². The molecular weight excluding hydrogens is 423 g/mol. The molecule has 0 saturated carbocycles. The van der Waals surface area contributed by atoms with E-state index < -0.39 is 6.03 Å². The van der Waals surface area contributed by atoms with Gasteiger partial charge in [-0.05, 0) is 60.2 Å². The lowest BCUT2D eigenvalue weighted by atomic mass is 10.1. The Balaban J connectivity index is 2.36. The lowest BCUT2D eigenvalue weighted by Gasteiger charge is -2.16. The predicted molar refractivity (Wildman–Crippen MR) is 99.9 cm³/mol. The van der Waals surface area contributed by atoms with Crippen molar-refractivity contribution in [2.45, 2.75) is 20.0 Å². The molecule has 1 aromatic carbocycles. The number of carbonyl (C=O) groups excluding carboxylic acids is 2. The molecule has 0 atom stereocenters. The van der Waals surface area contributed by atoms with Gasteiger partial charge in [0.2, 0.25) is 0 Å². The summed E-state index contributed by atoms with van der Waals surface area (Å²) >= 11 is 2.15. The zero-order valence-corrected chi connectivity index (χ0v) is 15.9. The highest BCUT2D eigenvalue weighted by molar-refractivity contribution is 14.1. The summed E-state index contributed by atoms with van der Waals surface area (Å²) in [5, 5.41) is 2.57. The minimum Gasteiger partial charge on any atom is -0.493 e. The summed E-state index contributed by atoms with van der Waals surface area (Å²) in [5.41, 5.74) is 0.952. The number of hydrogen-bond acceptors (Lipinski definition) is 4. The van der Waals surface area contributed by atoms with Crippen molar-refractivity contribution in [2.75, 3.05) is 13.7 Å². The number of urea groups is 1. The van der Waals surface area contributed by atoms with Gasteiger partial charge in [0.1, 0.15) is 5.70 Å². The number of carbonyl (C=O) groups is 2. The van der Waals surface area contributed by atoms with Gasteiger partial charge in [0.05, 0.1) is 16.8 Å². The molecule has 0 bridgehead atoms. The van der Waals surface area contributed by atoms with Crippen molar-refractivity contribution in [3.63, 3.8) is 0 Å². The Morgan fingerprint density at radius 3 is 2.67 bits per heavy atom. The molecule has 2 rings (SSSR count). The molecule has 6 nitrogen and oxygen atoms in total. The molecule has 0 radical (unpaired) electrons. The van der Waals surface area contributed by atoms with Gasteiger partial charge in [0, 0.05) is 6.54 Å². The van der Waals surface area contributed by atoms with Gasteiger partial charge in [-0.25, -0.2) is 4.79 Å². The Morgan fingerprint density at radius 2 is 2.08 bits per heavy atom. The van der Waals surface area contributed by atoms with E-state index in [1.165, 1.54) is 6.08 Å². The van der Waals surface area contributed by atoms with Crippen LogP contribution in [-0.2, 0) is 4.79 Å². The van der Waals surface area contributed by atoms with Crippen molar-refractivity contribution in [1.82, 2.24) is 10.2 Å². The first-order valence-corrected chi connectivity index (χ1v) is 8.44. The first-order valence-electron chi connectivity index (χ1n) is 7.37. The smallest absolute Gasteiger partial charge is 0.329 e. The van der Waals surface area contributed by atoms with Gasteiger partial charge in [0.25, 0.3) is 5.91 Å². The normalized spacial score (nSPS) is 15.9. The van der Waals surface area contributed by atoms with Gasteiger partial charge in [-0.1, -0.05) is 6.08 Å². The molecule has 1 aromatic rings. The molecule has 24 heavy (non-hydrogen) atoms. The third-order valence-electron chi connectivity index (χ3n) is 3.19. The molecule has 7 heteroatoms. The topological polar surface area (TPSA) is 67.9 Å². The largest absolute Gasteiger partial charge is 0.493 e. The highest BCUT2D eigenvalue weighted by Crippen LogP contribution is 2.35. The molecule has 0 spiro atoms. The first kappa shape index (κ1) is 18.3. The number of methoxy groups -OCH3 is 1. The van der Waals surface area contributed by atoms with Crippen molar-refractivity contribution in [3.05, 3.63) is 39.6 Å². The Labute approximate surface area is 154 Å². The van der Waals surface area contributed by atoms with Crippen LogP contribution in [0, 0.1) is 3.57 Å². The molecule has 128 valence electrons.